The molecule has 0 aliphatic rings. The second-order valence-electron chi connectivity index (χ2n) is 5.81. The van der Waals surface area contributed by atoms with Crippen molar-refractivity contribution in [3.05, 3.63) is 60.2 Å². The van der Waals surface area contributed by atoms with E-state index in [2.05, 4.69) is 29.4 Å². The summed E-state index contributed by atoms with van der Waals surface area (Å²) >= 11 is 0. The maximum Gasteiger partial charge on any atom is 0.251 e. The smallest absolute Gasteiger partial charge is 0.251 e. The highest BCUT2D eigenvalue weighted by atomic mass is 16.1. The zero-order valence-corrected chi connectivity index (χ0v) is 14.1. The summed E-state index contributed by atoms with van der Waals surface area (Å²) in [6.45, 7) is 1.58. The molecule has 0 saturated heterocycles. The van der Waals surface area contributed by atoms with Gasteiger partial charge in [-0.2, -0.15) is 0 Å². The van der Waals surface area contributed by atoms with Gasteiger partial charge in [0.15, 0.2) is 0 Å². The molecule has 0 aliphatic heterocycles. The minimum Gasteiger partial charge on any atom is -0.378 e. The summed E-state index contributed by atoms with van der Waals surface area (Å²) in [7, 11) is 6.04. The van der Waals surface area contributed by atoms with E-state index in [-0.39, 0.29) is 5.91 Å². The van der Waals surface area contributed by atoms with E-state index < -0.39 is 0 Å². The maximum absolute atomic E-state index is 12.1. The molecular weight excluding hydrogens is 286 g/mol. The van der Waals surface area contributed by atoms with Gasteiger partial charge in [-0.25, -0.2) is 0 Å². The fourth-order valence-electron chi connectivity index (χ4n) is 2.34. The average Bonchev–Trinajstić information content (AvgIpc) is 2.59. The summed E-state index contributed by atoms with van der Waals surface area (Å²) in [5.41, 5.74) is 2.98. The number of para-hydroxylation sites is 1. The molecule has 0 atom stereocenters. The highest BCUT2D eigenvalue weighted by molar-refractivity contribution is 5.94. The standard InChI is InChI=1S/C19H25N3O/c1-21(2)17-12-10-16(11-13-17)19(23)20-14-7-15-22(3)18-8-5-4-6-9-18/h4-6,8-13H,7,14-15H2,1-3H3,(H,20,23). The van der Waals surface area contributed by atoms with Gasteiger partial charge in [0.25, 0.3) is 5.91 Å². The molecule has 1 amide bonds. The number of rotatable bonds is 7. The molecule has 4 nitrogen and oxygen atoms in total. The van der Waals surface area contributed by atoms with Gasteiger partial charge in [0.1, 0.15) is 0 Å². The highest BCUT2D eigenvalue weighted by Gasteiger charge is 2.06. The van der Waals surface area contributed by atoms with Crippen LogP contribution in [0.15, 0.2) is 54.6 Å². The van der Waals surface area contributed by atoms with E-state index in [9.17, 15) is 4.79 Å². The number of amides is 1. The van der Waals surface area contributed by atoms with Crippen LogP contribution in [0.25, 0.3) is 0 Å². The van der Waals surface area contributed by atoms with Crippen LogP contribution in [-0.2, 0) is 0 Å². The van der Waals surface area contributed by atoms with E-state index in [1.165, 1.54) is 5.69 Å². The van der Waals surface area contributed by atoms with Crippen LogP contribution in [-0.4, -0.2) is 40.1 Å². The van der Waals surface area contributed by atoms with Gasteiger partial charge in [0, 0.05) is 51.2 Å². The Morgan fingerprint density at radius 3 is 2.17 bits per heavy atom. The van der Waals surface area contributed by atoms with Crippen LogP contribution in [0.5, 0.6) is 0 Å². The first-order valence-electron chi connectivity index (χ1n) is 7.89. The van der Waals surface area contributed by atoms with Crippen molar-refractivity contribution in [1.29, 1.82) is 0 Å². The number of hydrogen-bond acceptors (Lipinski definition) is 3. The molecule has 0 fully saturated rings. The molecule has 4 heteroatoms. The number of benzene rings is 2. The Bertz CT molecular complexity index is 608. The van der Waals surface area contributed by atoms with E-state index in [0.717, 1.165) is 18.7 Å². The van der Waals surface area contributed by atoms with Crippen LogP contribution in [0, 0.1) is 0 Å². The lowest BCUT2D eigenvalue weighted by Crippen LogP contribution is -2.28. The number of anilines is 2. The van der Waals surface area contributed by atoms with Gasteiger partial charge in [-0.05, 0) is 42.8 Å². The molecular formula is C19H25N3O. The predicted octanol–water partition coefficient (Wildman–Crippen LogP) is 3.01. The van der Waals surface area contributed by atoms with Crippen LogP contribution in [0.4, 0.5) is 11.4 Å². The van der Waals surface area contributed by atoms with Crippen molar-refractivity contribution in [2.24, 2.45) is 0 Å². The fraction of sp³-hybridized carbons (Fsp3) is 0.316. The lowest BCUT2D eigenvalue weighted by atomic mass is 10.2. The summed E-state index contributed by atoms with van der Waals surface area (Å²) < 4.78 is 0. The van der Waals surface area contributed by atoms with Crippen LogP contribution in [0.1, 0.15) is 16.8 Å². The van der Waals surface area contributed by atoms with E-state index in [1.54, 1.807) is 0 Å². The minimum atomic E-state index is -0.0160. The van der Waals surface area contributed by atoms with Gasteiger partial charge < -0.3 is 15.1 Å². The van der Waals surface area contributed by atoms with Crippen molar-refractivity contribution in [3.63, 3.8) is 0 Å². The van der Waals surface area contributed by atoms with Crippen molar-refractivity contribution in [2.75, 3.05) is 44.0 Å². The first-order valence-corrected chi connectivity index (χ1v) is 7.89. The number of carbonyl (C=O) groups is 1. The molecule has 2 aromatic carbocycles. The Hall–Kier alpha value is -2.49. The molecule has 0 unspecified atom stereocenters. The van der Waals surface area contributed by atoms with Crippen LogP contribution < -0.4 is 15.1 Å². The van der Waals surface area contributed by atoms with Gasteiger partial charge in [0.2, 0.25) is 0 Å². The summed E-state index contributed by atoms with van der Waals surface area (Å²) in [6, 6.07) is 17.9. The van der Waals surface area contributed by atoms with Gasteiger partial charge in [-0.3, -0.25) is 4.79 Å². The Morgan fingerprint density at radius 2 is 1.57 bits per heavy atom. The second kappa shape index (κ2) is 8.22. The van der Waals surface area contributed by atoms with Gasteiger partial charge in [-0.1, -0.05) is 18.2 Å². The largest absolute Gasteiger partial charge is 0.378 e. The Labute approximate surface area is 138 Å². The normalized spacial score (nSPS) is 10.2. The molecule has 2 aromatic rings. The molecule has 0 aromatic heterocycles. The number of nitrogens with one attached hydrogen (secondary N) is 1. The molecule has 0 radical (unpaired) electrons. The molecule has 23 heavy (non-hydrogen) atoms. The molecule has 1 N–H and O–H groups in total. The maximum atomic E-state index is 12.1. The van der Waals surface area contributed by atoms with Gasteiger partial charge in [-0.15, -0.1) is 0 Å². The van der Waals surface area contributed by atoms with Gasteiger partial charge in [0.05, 0.1) is 0 Å². The van der Waals surface area contributed by atoms with Crippen LogP contribution >= 0.6 is 0 Å². The summed E-state index contributed by atoms with van der Waals surface area (Å²) in [6.07, 6.45) is 0.910. The zero-order chi connectivity index (χ0) is 16.7. The monoisotopic (exact) mass is 311 g/mol. The molecule has 122 valence electrons. The minimum absolute atomic E-state index is 0.0160. The van der Waals surface area contributed by atoms with Crippen molar-refractivity contribution < 1.29 is 4.79 Å². The second-order valence-corrected chi connectivity index (χ2v) is 5.81. The third-order valence-corrected chi connectivity index (χ3v) is 3.80. The van der Waals surface area contributed by atoms with E-state index in [1.807, 2.05) is 61.5 Å². The lowest BCUT2D eigenvalue weighted by molar-refractivity contribution is 0.0953. The quantitative estimate of drug-likeness (QED) is 0.799. The van der Waals surface area contributed by atoms with E-state index in [0.29, 0.717) is 12.1 Å². The third kappa shape index (κ3) is 5.02. The molecule has 0 bridgehead atoms. The van der Waals surface area contributed by atoms with Crippen molar-refractivity contribution in [1.82, 2.24) is 5.32 Å². The first-order chi connectivity index (χ1) is 11.1. The molecule has 0 heterocycles. The summed E-state index contributed by atoms with van der Waals surface area (Å²) in [5, 5.41) is 2.98. The van der Waals surface area contributed by atoms with Gasteiger partial charge >= 0.3 is 0 Å². The van der Waals surface area contributed by atoms with E-state index in [4.69, 9.17) is 0 Å². The molecule has 0 saturated carbocycles. The number of hydrogen-bond donors (Lipinski definition) is 1. The Morgan fingerprint density at radius 1 is 0.913 bits per heavy atom. The first kappa shape index (κ1) is 16.9. The van der Waals surface area contributed by atoms with Crippen molar-refractivity contribution in [2.45, 2.75) is 6.42 Å². The summed E-state index contributed by atoms with van der Waals surface area (Å²) in [4.78, 5) is 16.3. The molecule has 0 spiro atoms. The topological polar surface area (TPSA) is 35.6 Å². The third-order valence-electron chi connectivity index (χ3n) is 3.80. The van der Waals surface area contributed by atoms with Crippen molar-refractivity contribution >= 4 is 17.3 Å². The molecule has 2 rings (SSSR count). The number of nitrogens with zero attached hydrogens (tertiary/aromatic N) is 2. The number of carbonyl (C=O) groups excluding carboxylic acids is 1. The lowest BCUT2D eigenvalue weighted by Gasteiger charge is -2.19. The summed E-state index contributed by atoms with van der Waals surface area (Å²) in [5.74, 6) is -0.0160. The average molecular weight is 311 g/mol. The van der Waals surface area contributed by atoms with Crippen LogP contribution in [0.3, 0.4) is 0 Å². The Balaban J connectivity index is 1.74. The van der Waals surface area contributed by atoms with Crippen LogP contribution in [0.2, 0.25) is 0 Å². The predicted molar refractivity (Wildman–Crippen MR) is 97.4 cm³/mol. The van der Waals surface area contributed by atoms with E-state index >= 15 is 0 Å². The SMILES string of the molecule is CN(C)c1ccc(C(=O)NCCCN(C)c2ccccc2)cc1. The highest BCUT2D eigenvalue weighted by Crippen LogP contribution is 2.12. The zero-order valence-electron chi connectivity index (χ0n) is 14.1. The molecule has 0 aliphatic carbocycles. The van der Waals surface area contributed by atoms with Crippen molar-refractivity contribution in [3.8, 4) is 0 Å². The Kier molecular flexibility index (Phi) is 6.03. The fourth-order valence-corrected chi connectivity index (χ4v) is 2.34.